The second-order valence-electron chi connectivity index (χ2n) is 6.64. The topological polar surface area (TPSA) is 98.7 Å². The summed E-state index contributed by atoms with van der Waals surface area (Å²) in [6.07, 6.45) is 1.83. The van der Waals surface area contributed by atoms with Crippen molar-refractivity contribution in [3.05, 3.63) is 65.2 Å². The average molecular weight is 381 g/mol. The normalized spacial score (nSPS) is 12.4. The number of carbonyl (C=O) groups excluding carboxylic acids is 2. The summed E-state index contributed by atoms with van der Waals surface area (Å²) < 4.78 is 0. The van der Waals surface area contributed by atoms with Crippen molar-refractivity contribution in [1.29, 1.82) is 0 Å². The van der Waals surface area contributed by atoms with Gasteiger partial charge < -0.3 is 20.6 Å². The third-order valence-corrected chi connectivity index (χ3v) is 4.70. The summed E-state index contributed by atoms with van der Waals surface area (Å²) in [5.74, 6) is -0.908. The van der Waals surface area contributed by atoms with E-state index in [1.807, 2.05) is 29.2 Å². The second kappa shape index (κ2) is 9.03. The lowest BCUT2D eigenvalue weighted by atomic mass is 10.1. The van der Waals surface area contributed by atoms with E-state index in [0.717, 1.165) is 17.7 Å². The van der Waals surface area contributed by atoms with Gasteiger partial charge in [0.15, 0.2) is 0 Å². The number of benzene rings is 2. The first-order valence-corrected chi connectivity index (χ1v) is 9.27. The summed E-state index contributed by atoms with van der Waals surface area (Å²) >= 11 is 0. The van der Waals surface area contributed by atoms with Crippen LogP contribution in [0.2, 0.25) is 0 Å². The fourth-order valence-corrected chi connectivity index (χ4v) is 3.18. The molecule has 3 N–H and O–H groups in total. The number of fused-ring (bicyclic) bond motifs is 1. The van der Waals surface area contributed by atoms with Crippen LogP contribution in [0.1, 0.15) is 34.3 Å². The highest BCUT2D eigenvalue weighted by Crippen LogP contribution is 2.27. The molecule has 0 spiro atoms. The number of carboxylic acid groups (broad SMARTS) is 1. The van der Waals surface area contributed by atoms with E-state index >= 15 is 0 Å². The minimum absolute atomic E-state index is 0.0747. The number of nitrogens with zero attached hydrogens (tertiary/aromatic N) is 1. The molecule has 0 fully saturated rings. The Morgan fingerprint density at radius 2 is 1.75 bits per heavy atom. The van der Waals surface area contributed by atoms with Gasteiger partial charge in [0.25, 0.3) is 0 Å². The van der Waals surface area contributed by atoms with Crippen LogP contribution in [0.4, 0.5) is 10.5 Å². The molecule has 1 heterocycles. The van der Waals surface area contributed by atoms with Crippen molar-refractivity contribution in [2.45, 2.75) is 25.8 Å². The van der Waals surface area contributed by atoms with Crippen molar-refractivity contribution in [2.75, 3.05) is 18.0 Å². The Hall–Kier alpha value is -3.35. The maximum Gasteiger partial charge on any atom is 0.335 e. The highest BCUT2D eigenvalue weighted by atomic mass is 16.4. The fourth-order valence-electron chi connectivity index (χ4n) is 3.18. The summed E-state index contributed by atoms with van der Waals surface area (Å²) in [5.41, 5.74) is 3.21. The molecule has 0 saturated heterocycles. The average Bonchev–Trinajstić information content (AvgIpc) is 3.14. The Bertz CT molecular complexity index is 864. The highest BCUT2D eigenvalue weighted by molar-refractivity contribution is 5.95. The van der Waals surface area contributed by atoms with Crippen LogP contribution in [0.15, 0.2) is 48.5 Å². The zero-order chi connectivity index (χ0) is 19.9. The highest BCUT2D eigenvalue weighted by Gasteiger charge is 2.23. The van der Waals surface area contributed by atoms with Gasteiger partial charge in [-0.3, -0.25) is 4.79 Å². The van der Waals surface area contributed by atoms with Crippen LogP contribution in [0.25, 0.3) is 0 Å². The lowest BCUT2D eigenvalue weighted by molar-refractivity contribution is -0.118. The van der Waals surface area contributed by atoms with E-state index in [-0.39, 0.29) is 17.5 Å². The maximum absolute atomic E-state index is 12.4. The minimum atomic E-state index is -0.982. The van der Waals surface area contributed by atoms with Crippen LogP contribution >= 0.6 is 0 Å². The van der Waals surface area contributed by atoms with Crippen LogP contribution in [0.5, 0.6) is 0 Å². The van der Waals surface area contributed by atoms with Gasteiger partial charge in [-0.25, -0.2) is 9.59 Å². The van der Waals surface area contributed by atoms with Crippen molar-refractivity contribution in [1.82, 2.24) is 10.6 Å². The molecule has 1 aliphatic heterocycles. The number of urea groups is 1. The first-order valence-electron chi connectivity index (χ1n) is 9.27. The lowest BCUT2D eigenvalue weighted by Crippen LogP contribution is -2.36. The van der Waals surface area contributed by atoms with Crippen molar-refractivity contribution in [3.8, 4) is 0 Å². The van der Waals surface area contributed by atoms with E-state index in [1.54, 1.807) is 12.1 Å². The van der Waals surface area contributed by atoms with Gasteiger partial charge in [0.2, 0.25) is 5.91 Å². The molecule has 7 nitrogen and oxygen atoms in total. The van der Waals surface area contributed by atoms with Gasteiger partial charge in [0.1, 0.15) is 0 Å². The van der Waals surface area contributed by atoms with Crippen LogP contribution in [0.3, 0.4) is 0 Å². The molecule has 2 aromatic rings. The summed E-state index contributed by atoms with van der Waals surface area (Å²) in [6, 6.07) is 13.9. The largest absolute Gasteiger partial charge is 0.478 e. The number of hydrogen-bond acceptors (Lipinski definition) is 3. The third-order valence-electron chi connectivity index (χ3n) is 4.70. The molecule has 2 aromatic carbocycles. The minimum Gasteiger partial charge on any atom is -0.478 e. The first-order chi connectivity index (χ1) is 13.5. The monoisotopic (exact) mass is 381 g/mol. The van der Waals surface area contributed by atoms with E-state index in [9.17, 15) is 14.4 Å². The number of hydrogen-bond donors (Lipinski definition) is 3. The first kappa shape index (κ1) is 19.4. The van der Waals surface area contributed by atoms with Crippen molar-refractivity contribution in [2.24, 2.45) is 0 Å². The number of aromatic carboxylic acids is 1. The number of anilines is 1. The molecule has 28 heavy (non-hydrogen) atoms. The Labute approximate surface area is 163 Å². The van der Waals surface area contributed by atoms with Gasteiger partial charge in [0, 0.05) is 31.7 Å². The van der Waals surface area contributed by atoms with Gasteiger partial charge in [-0.15, -0.1) is 0 Å². The molecule has 0 unspecified atom stereocenters. The standard InChI is InChI=1S/C21H23N3O4/c25-19(24-13-11-16-4-1-2-5-18(16)24)6-3-12-22-21(28)23-14-15-7-9-17(10-8-15)20(26)27/h1-2,4-5,7-10H,3,6,11-14H2,(H,26,27)(H2,22,23,28). The summed E-state index contributed by atoms with van der Waals surface area (Å²) in [5, 5.41) is 14.3. The summed E-state index contributed by atoms with van der Waals surface area (Å²) in [7, 11) is 0. The predicted molar refractivity (Wildman–Crippen MR) is 105 cm³/mol. The van der Waals surface area contributed by atoms with Crippen LogP contribution in [-0.2, 0) is 17.8 Å². The molecule has 0 bridgehead atoms. The molecule has 0 radical (unpaired) electrons. The van der Waals surface area contributed by atoms with E-state index in [4.69, 9.17) is 5.11 Å². The van der Waals surface area contributed by atoms with Gasteiger partial charge >= 0.3 is 12.0 Å². The molecule has 0 atom stereocenters. The summed E-state index contributed by atoms with van der Waals surface area (Å²) in [4.78, 5) is 36.9. The molecule has 0 aliphatic carbocycles. The van der Waals surface area contributed by atoms with E-state index in [0.29, 0.717) is 32.5 Å². The predicted octanol–water partition coefficient (Wildman–Crippen LogP) is 2.55. The molecular weight excluding hydrogens is 358 g/mol. The number of para-hydroxylation sites is 1. The van der Waals surface area contributed by atoms with Gasteiger partial charge in [-0.05, 0) is 42.2 Å². The number of carbonyl (C=O) groups is 3. The maximum atomic E-state index is 12.4. The molecule has 7 heteroatoms. The number of rotatable bonds is 7. The molecular formula is C21H23N3O4. The number of carboxylic acids is 1. The van der Waals surface area contributed by atoms with Crippen LogP contribution < -0.4 is 15.5 Å². The second-order valence-corrected chi connectivity index (χ2v) is 6.64. The number of nitrogens with one attached hydrogen (secondary N) is 2. The van der Waals surface area contributed by atoms with Gasteiger partial charge in [-0.2, -0.15) is 0 Å². The Balaban J connectivity index is 1.34. The Kier molecular flexibility index (Phi) is 6.26. The molecule has 0 aromatic heterocycles. The van der Waals surface area contributed by atoms with Crippen LogP contribution in [0, 0.1) is 0 Å². The quantitative estimate of drug-likeness (QED) is 0.642. The number of amides is 3. The van der Waals surface area contributed by atoms with E-state index in [2.05, 4.69) is 10.6 Å². The fraction of sp³-hybridized carbons (Fsp3) is 0.286. The van der Waals surface area contributed by atoms with Crippen molar-refractivity contribution < 1.29 is 19.5 Å². The Morgan fingerprint density at radius 1 is 1.00 bits per heavy atom. The molecule has 1 aliphatic rings. The van der Waals surface area contributed by atoms with E-state index < -0.39 is 5.97 Å². The smallest absolute Gasteiger partial charge is 0.335 e. The lowest BCUT2D eigenvalue weighted by Gasteiger charge is -2.17. The van der Waals surface area contributed by atoms with Crippen molar-refractivity contribution in [3.63, 3.8) is 0 Å². The molecule has 3 amide bonds. The zero-order valence-corrected chi connectivity index (χ0v) is 15.5. The van der Waals surface area contributed by atoms with E-state index in [1.165, 1.54) is 17.7 Å². The molecule has 0 saturated carbocycles. The SMILES string of the molecule is O=C(NCCCC(=O)N1CCc2ccccc21)NCc1ccc(C(=O)O)cc1. The van der Waals surface area contributed by atoms with Crippen molar-refractivity contribution >= 4 is 23.6 Å². The van der Waals surface area contributed by atoms with Crippen LogP contribution in [-0.4, -0.2) is 36.1 Å². The molecule has 3 rings (SSSR count). The Morgan fingerprint density at radius 3 is 2.50 bits per heavy atom. The van der Waals surface area contributed by atoms with Gasteiger partial charge in [0.05, 0.1) is 5.56 Å². The van der Waals surface area contributed by atoms with Gasteiger partial charge in [-0.1, -0.05) is 30.3 Å². The zero-order valence-electron chi connectivity index (χ0n) is 15.5. The third kappa shape index (κ3) is 4.88. The summed E-state index contributed by atoms with van der Waals surface area (Å²) in [6.45, 7) is 1.42. The molecule has 146 valence electrons.